The molecule has 1 N–H and O–H groups in total. The number of fused-ring (bicyclic) bond motifs is 3. The van der Waals surface area contributed by atoms with Crippen LogP contribution in [-0.2, 0) is 11.8 Å². The second-order valence-corrected chi connectivity index (χ2v) is 23.1. The van der Waals surface area contributed by atoms with Crippen LogP contribution in [-0.4, -0.2) is 46.1 Å². The number of phenolic OH excluding ortho intramolecular Hbond substituents is 1. The monoisotopic (exact) mass is 882 g/mol. The fourth-order valence-electron chi connectivity index (χ4n) is 9.83. The average Bonchev–Trinajstić information content (AvgIpc) is 3.81. The molecule has 3 aromatic heterocycles. The number of phenols is 1. The van der Waals surface area contributed by atoms with E-state index in [4.69, 9.17) is 15.2 Å². The van der Waals surface area contributed by atoms with Gasteiger partial charge in [0.15, 0.2) is 0 Å². The summed E-state index contributed by atoms with van der Waals surface area (Å²) < 4.78 is 5.18. The molecular formula is C55H59BN4OSe. The molecule has 0 unspecified atom stereocenters. The quantitative estimate of drug-likeness (QED) is 0.162. The first-order valence-corrected chi connectivity index (χ1v) is 24.0. The van der Waals surface area contributed by atoms with Crippen LogP contribution in [0.2, 0.25) is 0 Å². The van der Waals surface area contributed by atoms with E-state index in [1.165, 1.54) is 47.2 Å². The van der Waals surface area contributed by atoms with Crippen LogP contribution in [0.25, 0.3) is 60.1 Å². The zero-order chi connectivity index (χ0) is 44.2. The second kappa shape index (κ2) is 15.2. The summed E-state index contributed by atoms with van der Waals surface area (Å²) in [5, 5.41) is 22.9. The molecule has 0 amide bonds. The Kier molecular flexibility index (Phi) is 10.3. The first kappa shape index (κ1) is 42.1. The molecule has 0 fully saturated rings. The molecule has 4 heterocycles. The van der Waals surface area contributed by atoms with Crippen LogP contribution in [0.3, 0.4) is 0 Å². The van der Waals surface area contributed by atoms with E-state index in [9.17, 15) is 5.11 Å². The van der Waals surface area contributed by atoms with Gasteiger partial charge in [0, 0.05) is 0 Å². The Hall–Kier alpha value is -5.23. The Balaban J connectivity index is 1.38. The summed E-state index contributed by atoms with van der Waals surface area (Å²) in [6.07, 6.45) is 1.06. The van der Waals surface area contributed by atoms with Gasteiger partial charge in [-0.15, -0.1) is 0 Å². The van der Waals surface area contributed by atoms with Gasteiger partial charge in [-0.2, -0.15) is 0 Å². The summed E-state index contributed by atoms with van der Waals surface area (Å²) in [6.45, 7) is 29.3. The third-order valence-corrected chi connectivity index (χ3v) is 15.2. The first-order chi connectivity index (χ1) is 29.3. The van der Waals surface area contributed by atoms with Crippen molar-refractivity contribution in [1.29, 1.82) is 0 Å². The first-order valence-electron chi connectivity index (χ1n) is 22.3. The van der Waals surface area contributed by atoms with Gasteiger partial charge in [-0.05, 0) is 25.7 Å². The van der Waals surface area contributed by atoms with Crippen molar-refractivity contribution in [3.63, 3.8) is 0 Å². The molecule has 5 nitrogen and oxygen atoms in total. The van der Waals surface area contributed by atoms with Gasteiger partial charge in [-0.3, -0.25) is 0 Å². The van der Waals surface area contributed by atoms with Crippen molar-refractivity contribution in [2.75, 3.05) is 0 Å². The van der Waals surface area contributed by atoms with E-state index in [2.05, 4.69) is 173 Å². The van der Waals surface area contributed by atoms with Crippen molar-refractivity contribution in [2.24, 2.45) is 5.41 Å². The molecule has 314 valence electrons. The van der Waals surface area contributed by atoms with Crippen LogP contribution in [0.5, 0.6) is 5.75 Å². The Morgan fingerprint density at radius 2 is 1.42 bits per heavy atom. The third-order valence-electron chi connectivity index (χ3n) is 12.8. The Bertz CT molecular complexity index is 3060. The summed E-state index contributed by atoms with van der Waals surface area (Å²) in [5.74, 6) is 1.69. The summed E-state index contributed by atoms with van der Waals surface area (Å²) in [6, 6.07) is 34.0. The van der Waals surface area contributed by atoms with Gasteiger partial charge in [0.1, 0.15) is 0 Å². The van der Waals surface area contributed by atoms with E-state index >= 15 is 0 Å². The fourth-order valence-corrected chi connectivity index (χ4v) is 13.0. The minimum atomic E-state index is -0.134. The summed E-state index contributed by atoms with van der Waals surface area (Å²) >= 11 is 0.160. The van der Waals surface area contributed by atoms with Crippen LogP contribution in [0.15, 0.2) is 91.0 Å². The number of imidazole rings is 1. The van der Waals surface area contributed by atoms with E-state index in [0.717, 1.165) is 73.7 Å². The van der Waals surface area contributed by atoms with Gasteiger partial charge in [-0.1, -0.05) is 58.0 Å². The van der Waals surface area contributed by atoms with E-state index in [0.29, 0.717) is 11.8 Å². The van der Waals surface area contributed by atoms with Gasteiger partial charge in [0.2, 0.25) is 0 Å². The molecule has 0 aliphatic carbocycles. The third kappa shape index (κ3) is 7.16. The number of benzene rings is 5. The number of hydrogen-bond donors (Lipinski definition) is 1. The Morgan fingerprint density at radius 3 is 2.10 bits per heavy atom. The van der Waals surface area contributed by atoms with Crippen LogP contribution < -0.4 is 16.4 Å². The number of hydrogen-bond acceptors (Lipinski definition) is 4. The average molecular weight is 882 g/mol. The minimum absolute atomic E-state index is 0.0115. The molecule has 8 aromatic rings. The standard InChI is InChI=1S/C55H59BN4OSe/c1-30(2)39-17-16-18-40(31(3)4)47(39)56-44-19-14-15-20-46(44)60-50-45(56)22-21-41(49(50)57-53(60)43-24-32(5)23-33(6)51(43)61)35-25-36(27-37(26-35)55(11,12)13)48-52-42(34(7)58-59-48)28-38(62-52)29-54(8,9)10/h14-28,30-31,61H,29H2,1-13H3. The van der Waals surface area contributed by atoms with Crippen molar-refractivity contribution in [2.45, 2.75) is 114 Å². The summed E-state index contributed by atoms with van der Waals surface area (Å²) in [4.78, 5) is 5.69. The number of rotatable bonds is 7. The molecule has 0 radical (unpaired) electrons. The van der Waals surface area contributed by atoms with Crippen LogP contribution in [0.1, 0.15) is 119 Å². The van der Waals surface area contributed by atoms with Crippen molar-refractivity contribution >= 4 is 58.3 Å². The van der Waals surface area contributed by atoms with Crippen LogP contribution in [0.4, 0.5) is 0 Å². The second-order valence-electron chi connectivity index (χ2n) is 20.7. The van der Waals surface area contributed by atoms with Gasteiger partial charge >= 0.3 is 293 Å². The zero-order valence-corrected chi connectivity index (χ0v) is 40.5. The van der Waals surface area contributed by atoms with Gasteiger partial charge in [-0.25, -0.2) is 0 Å². The molecule has 5 aromatic carbocycles. The predicted octanol–water partition coefficient (Wildman–Crippen LogP) is 11.6. The molecule has 0 saturated carbocycles. The fraction of sp³-hybridized carbons (Fsp3) is 0.327. The normalized spacial score (nSPS) is 13.0. The zero-order valence-electron chi connectivity index (χ0n) is 38.7. The van der Waals surface area contributed by atoms with Crippen molar-refractivity contribution in [3.05, 3.63) is 129 Å². The molecule has 0 bridgehead atoms. The van der Waals surface area contributed by atoms with Gasteiger partial charge in [0.25, 0.3) is 0 Å². The molecule has 9 rings (SSSR count). The molecule has 0 atom stereocenters. The topological polar surface area (TPSA) is 63.8 Å². The predicted molar refractivity (Wildman–Crippen MR) is 264 cm³/mol. The van der Waals surface area contributed by atoms with E-state index in [-0.39, 0.29) is 37.8 Å². The molecule has 1 aliphatic rings. The molecular weight excluding hydrogens is 822 g/mol. The number of aryl methyl sites for hydroxylation is 3. The maximum atomic E-state index is 11.9. The summed E-state index contributed by atoms with van der Waals surface area (Å²) in [5.41, 5.74) is 19.0. The van der Waals surface area contributed by atoms with Crippen molar-refractivity contribution < 1.29 is 5.11 Å². The SMILES string of the molecule is Cc1cc(C)c(O)c(-c2nc3c(-c4cc(-c5nnc(C)c6cc(CC(C)(C)C)[se]c56)cc(C(C)(C)C)c4)ccc4c3n2-c2ccccc2B4c2c(C(C)C)cccc2C(C)C)c1. The maximum absolute atomic E-state index is 11.9. The van der Waals surface area contributed by atoms with Crippen molar-refractivity contribution in [1.82, 2.24) is 19.7 Å². The molecule has 62 heavy (non-hydrogen) atoms. The Morgan fingerprint density at radius 1 is 0.726 bits per heavy atom. The van der Waals surface area contributed by atoms with Gasteiger partial charge in [0.05, 0.1) is 0 Å². The molecule has 0 saturated heterocycles. The number of para-hydroxylation sites is 1. The van der Waals surface area contributed by atoms with Gasteiger partial charge < -0.3 is 0 Å². The number of aromatic hydroxyl groups is 1. The van der Waals surface area contributed by atoms with E-state index < -0.39 is 0 Å². The summed E-state index contributed by atoms with van der Waals surface area (Å²) in [7, 11) is 0. The molecule has 0 spiro atoms. The van der Waals surface area contributed by atoms with Crippen molar-refractivity contribution in [3.8, 4) is 45.2 Å². The van der Waals surface area contributed by atoms with E-state index in [1.807, 2.05) is 13.0 Å². The molecule has 7 heteroatoms. The Labute approximate surface area is 374 Å². The molecule has 1 aliphatic heterocycles. The van der Waals surface area contributed by atoms with Crippen LogP contribution in [0, 0.1) is 26.2 Å². The van der Waals surface area contributed by atoms with Crippen LogP contribution >= 0.6 is 0 Å². The van der Waals surface area contributed by atoms with E-state index in [1.54, 1.807) is 0 Å². The number of aromatic nitrogens is 4. The number of nitrogens with zero attached hydrogens (tertiary/aromatic N) is 4.